The molecule has 1 aromatic heterocycles. The number of unbranched alkanes of at least 4 members (excludes halogenated alkanes) is 1. The highest BCUT2D eigenvalue weighted by Crippen LogP contribution is 2.39. The van der Waals surface area contributed by atoms with Gasteiger partial charge in [0.15, 0.2) is 0 Å². The van der Waals surface area contributed by atoms with Gasteiger partial charge >= 0.3 is 5.97 Å². The van der Waals surface area contributed by atoms with Gasteiger partial charge in [-0.2, -0.15) is 0 Å². The molecule has 0 spiro atoms. The molecular weight excluding hydrogens is 420 g/mol. The Balaban J connectivity index is 1.64. The molecule has 0 radical (unpaired) electrons. The second-order valence-electron chi connectivity index (χ2n) is 8.57. The van der Waals surface area contributed by atoms with Crippen molar-refractivity contribution in [1.29, 1.82) is 0 Å². The van der Waals surface area contributed by atoms with Crippen LogP contribution in [0.15, 0.2) is 34.9 Å². The maximum absolute atomic E-state index is 13.0. The van der Waals surface area contributed by atoms with Crippen LogP contribution in [0.3, 0.4) is 0 Å². The van der Waals surface area contributed by atoms with E-state index in [0.29, 0.717) is 12.2 Å². The first-order chi connectivity index (χ1) is 15.6. The number of thioether (sulfide) groups is 1. The van der Waals surface area contributed by atoms with E-state index in [1.807, 2.05) is 6.92 Å². The fraction of sp³-hybridized carbons (Fsp3) is 0.423. The summed E-state index contributed by atoms with van der Waals surface area (Å²) >= 11 is 1.79. The molecule has 0 saturated carbocycles. The number of H-pyrrole nitrogens is 1. The van der Waals surface area contributed by atoms with Crippen LogP contribution in [0, 0.1) is 0 Å². The van der Waals surface area contributed by atoms with Gasteiger partial charge in [0.1, 0.15) is 12.0 Å². The summed E-state index contributed by atoms with van der Waals surface area (Å²) in [4.78, 5) is 20.3. The Morgan fingerprint density at radius 3 is 3.00 bits per heavy atom. The van der Waals surface area contributed by atoms with E-state index in [9.17, 15) is 4.79 Å². The number of nitrogens with zero attached hydrogens (tertiary/aromatic N) is 1. The molecule has 5 nitrogen and oxygen atoms in total. The Labute approximate surface area is 193 Å². The Kier molecular flexibility index (Phi) is 5.91. The number of aromatic amines is 1. The summed E-state index contributed by atoms with van der Waals surface area (Å²) in [7, 11) is 0. The number of aryl methyl sites for hydroxylation is 1. The molecule has 3 aliphatic heterocycles. The Morgan fingerprint density at radius 1 is 1.34 bits per heavy atom. The molecule has 2 aromatic rings. The zero-order chi connectivity index (χ0) is 22.2. The smallest absolute Gasteiger partial charge is 0.340 e. The van der Waals surface area contributed by atoms with Crippen molar-refractivity contribution in [2.24, 2.45) is 0 Å². The van der Waals surface area contributed by atoms with Crippen molar-refractivity contribution in [1.82, 2.24) is 9.88 Å². The number of benzene rings is 1. The zero-order valence-corrected chi connectivity index (χ0v) is 19.8. The lowest BCUT2D eigenvalue weighted by Crippen LogP contribution is -2.44. The number of hydrogen-bond acceptors (Lipinski definition) is 5. The van der Waals surface area contributed by atoms with Crippen molar-refractivity contribution in [3.63, 3.8) is 0 Å². The van der Waals surface area contributed by atoms with E-state index < -0.39 is 0 Å². The van der Waals surface area contributed by atoms with Gasteiger partial charge in [0.25, 0.3) is 0 Å². The first kappa shape index (κ1) is 21.4. The number of fused-ring (bicyclic) bond motifs is 5. The zero-order valence-electron chi connectivity index (χ0n) is 19.0. The predicted molar refractivity (Wildman–Crippen MR) is 128 cm³/mol. The summed E-state index contributed by atoms with van der Waals surface area (Å²) in [6, 6.07) is 7.00. The molecule has 0 bridgehead atoms. The highest BCUT2D eigenvalue weighted by Gasteiger charge is 2.34. The normalized spacial score (nSPS) is 19.0. The first-order valence-corrected chi connectivity index (χ1v) is 12.8. The largest absolute Gasteiger partial charge is 0.463 e. The number of carbonyl (C=O) groups excluding carboxylic acids is 1. The van der Waals surface area contributed by atoms with Crippen LogP contribution < -0.4 is 10.6 Å². The molecule has 6 heteroatoms. The second-order valence-corrected chi connectivity index (χ2v) is 9.45. The summed E-state index contributed by atoms with van der Waals surface area (Å²) in [5.74, 6) is 0.626. The van der Waals surface area contributed by atoms with E-state index in [1.54, 1.807) is 18.0 Å². The highest BCUT2D eigenvalue weighted by molar-refractivity contribution is 7.98. The van der Waals surface area contributed by atoms with Gasteiger partial charge in [0.2, 0.25) is 0 Å². The number of esters is 1. The topological polar surface area (TPSA) is 54.6 Å². The molecule has 5 rings (SSSR count). The average molecular weight is 451 g/mol. The van der Waals surface area contributed by atoms with Crippen LogP contribution in [-0.2, 0) is 22.3 Å². The van der Waals surface area contributed by atoms with E-state index in [1.165, 1.54) is 16.0 Å². The molecule has 1 aromatic carbocycles. The van der Waals surface area contributed by atoms with Gasteiger partial charge in [-0.25, -0.2) is 4.79 Å². The van der Waals surface area contributed by atoms with Crippen LogP contribution in [0.5, 0.6) is 0 Å². The third-order valence-corrected chi connectivity index (χ3v) is 7.40. The van der Waals surface area contributed by atoms with Crippen LogP contribution in [0.1, 0.15) is 59.9 Å². The van der Waals surface area contributed by atoms with Crippen molar-refractivity contribution < 1.29 is 14.3 Å². The Bertz CT molecular complexity index is 1210. The lowest BCUT2D eigenvalue weighted by molar-refractivity contribution is 0.0523. The summed E-state index contributed by atoms with van der Waals surface area (Å²) in [6.45, 7) is 6.14. The van der Waals surface area contributed by atoms with Crippen LogP contribution in [0.2, 0.25) is 0 Å². The third kappa shape index (κ3) is 3.59. The maximum Gasteiger partial charge on any atom is 0.340 e. The third-order valence-electron chi connectivity index (χ3n) is 6.67. The number of carbonyl (C=O) groups is 1. The van der Waals surface area contributed by atoms with E-state index in [0.717, 1.165) is 66.4 Å². The van der Waals surface area contributed by atoms with E-state index in [-0.39, 0.29) is 12.0 Å². The van der Waals surface area contributed by atoms with Crippen LogP contribution in [-0.4, -0.2) is 41.8 Å². The molecular formula is C26H30N2O3S. The second kappa shape index (κ2) is 8.83. The summed E-state index contributed by atoms with van der Waals surface area (Å²) in [5.41, 5.74) is 5.52. The molecule has 1 unspecified atom stereocenters. The van der Waals surface area contributed by atoms with Gasteiger partial charge in [0.05, 0.1) is 23.6 Å². The molecule has 1 N–H and O–H groups in total. The van der Waals surface area contributed by atoms with Gasteiger partial charge in [-0.05, 0) is 61.8 Å². The molecule has 0 saturated heterocycles. The molecule has 3 aliphatic rings. The standard InChI is InChI=1S/C26H30N2O3S/c1-4-6-7-20-25(26(29)30-5-2)24-19-14-28-11-10-16-12-17(32-3)8-9-18(16)22(28)13-23(19)31-15-21(24)27-20/h8-9,12-13,15,22,27H,4-7,10-11,14H2,1-3H3. The fourth-order valence-electron chi connectivity index (χ4n) is 5.09. The lowest BCUT2D eigenvalue weighted by atomic mass is 9.88. The monoisotopic (exact) mass is 450 g/mol. The number of ether oxygens (including phenoxy) is 2. The SMILES string of the molecule is CCCCc1[nH]c2c(c1C(=O)OCC)=C1CN3CCc4cc(SC)ccc4C3C=C1OC=2. The van der Waals surface area contributed by atoms with Gasteiger partial charge in [-0.15, -0.1) is 11.8 Å². The average Bonchev–Trinajstić information content (AvgIpc) is 3.20. The molecule has 32 heavy (non-hydrogen) atoms. The summed E-state index contributed by atoms with van der Waals surface area (Å²) < 4.78 is 11.6. The van der Waals surface area contributed by atoms with E-state index in [2.05, 4.69) is 47.3 Å². The van der Waals surface area contributed by atoms with Gasteiger partial charge < -0.3 is 14.5 Å². The predicted octanol–water partition coefficient (Wildman–Crippen LogP) is 3.67. The molecule has 0 amide bonds. The molecule has 4 heterocycles. The van der Waals surface area contributed by atoms with Crippen LogP contribution in [0.25, 0.3) is 11.8 Å². The van der Waals surface area contributed by atoms with Gasteiger partial charge in [0, 0.05) is 34.5 Å². The van der Waals surface area contributed by atoms with Crippen LogP contribution >= 0.6 is 11.8 Å². The summed E-state index contributed by atoms with van der Waals surface area (Å²) in [5, 5.41) is 1.85. The minimum Gasteiger partial charge on any atom is -0.463 e. The van der Waals surface area contributed by atoms with Crippen molar-refractivity contribution in [2.75, 3.05) is 26.0 Å². The molecule has 168 valence electrons. The van der Waals surface area contributed by atoms with Gasteiger partial charge in [-0.1, -0.05) is 19.4 Å². The van der Waals surface area contributed by atoms with Crippen LogP contribution in [0.4, 0.5) is 0 Å². The number of hydrogen-bond donors (Lipinski definition) is 1. The minimum atomic E-state index is -0.242. The molecule has 1 atom stereocenters. The quantitative estimate of drug-likeness (QED) is 0.538. The minimum absolute atomic E-state index is 0.202. The number of rotatable bonds is 6. The maximum atomic E-state index is 13.0. The van der Waals surface area contributed by atoms with E-state index in [4.69, 9.17) is 9.47 Å². The fourth-order valence-corrected chi connectivity index (χ4v) is 5.56. The molecule has 0 fully saturated rings. The van der Waals surface area contributed by atoms with E-state index >= 15 is 0 Å². The number of aromatic nitrogens is 1. The summed E-state index contributed by atoms with van der Waals surface area (Å²) in [6.07, 6.45) is 10.1. The van der Waals surface area contributed by atoms with Crippen molar-refractivity contribution in [3.05, 3.63) is 63.0 Å². The Hall–Kier alpha value is -2.44. The van der Waals surface area contributed by atoms with Crippen molar-refractivity contribution >= 4 is 29.6 Å². The van der Waals surface area contributed by atoms with Gasteiger partial charge in [-0.3, -0.25) is 4.90 Å². The number of nitrogens with one attached hydrogen (secondary N) is 1. The Morgan fingerprint density at radius 2 is 2.22 bits per heavy atom. The van der Waals surface area contributed by atoms with Crippen molar-refractivity contribution in [2.45, 2.75) is 50.5 Å². The highest BCUT2D eigenvalue weighted by atomic mass is 32.2. The lowest BCUT2D eigenvalue weighted by Gasteiger charge is -2.40. The van der Waals surface area contributed by atoms with Crippen molar-refractivity contribution in [3.8, 4) is 0 Å². The first-order valence-electron chi connectivity index (χ1n) is 11.6. The molecule has 0 aliphatic carbocycles.